The Hall–Kier alpha value is -1.51. The van der Waals surface area contributed by atoms with E-state index in [2.05, 4.69) is 22.4 Å². The van der Waals surface area contributed by atoms with Crippen LogP contribution >= 0.6 is 12.2 Å². The second kappa shape index (κ2) is 5.27. The summed E-state index contributed by atoms with van der Waals surface area (Å²) >= 11 is 4.48. The molecule has 0 atom stereocenters. The molecule has 0 radical (unpaired) electrons. The number of esters is 1. The van der Waals surface area contributed by atoms with Gasteiger partial charge < -0.3 is 4.74 Å². The molecule has 0 N–H and O–H groups in total. The van der Waals surface area contributed by atoms with E-state index in [4.69, 9.17) is 4.74 Å². The zero-order chi connectivity index (χ0) is 10.4. The van der Waals surface area contributed by atoms with Gasteiger partial charge in [0.25, 0.3) is 0 Å². The first kappa shape index (κ1) is 10.6. The lowest BCUT2D eigenvalue weighted by molar-refractivity contribution is 0.0527. The lowest BCUT2D eigenvalue weighted by Crippen LogP contribution is -2.04. The molecule has 1 rings (SSSR count). The van der Waals surface area contributed by atoms with Crippen molar-refractivity contribution in [1.82, 2.24) is 0 Å². The Bertz CT molecular complexity index is 383. The molecule has 72 valence electrons. The predicted molar refractivity (Wildman–Crippen MR) is 57.1 cm³/mol. The molecule has 0 saturated carbocycles. The first-order chi connectivity index (χ1) is 6.79. The van der Waals surface area contributed by atoms with Crippen LogP contribution in [0.4, 0.5) is 5.69 Å². The van der Waals surface area contributed by atoms with E-state index in [0.717, 1.165) is 0 Å². The number of hydrogen-bond acceptors (Lipinski definition) is 4. The molecule has 0 saturated heterocycles. The molecule has 14 heavy (non-hydrogen) atoms. The summed E-state index contributed by atoms with van der Waals surface area (Å²) in [6.45, 7) is 2.09. The topological polar surface area (TPSA) is 38.7 Å². The SMILES string of the molecule is CCOC(=O)c1ccccc1N=C=S. The van der Waals surface area contributed by atoms with E-state index in [0.29, 0.717) is 17.9 Å². The van der Waals surface area contributed by atoms with Gasteiger partial charge in [-0.1, -0.05) is 12.1 Å². The number of aliphatic imine (C=N–C) groups is 1. The van der Waals surface area contributed by atoms with Crippen LogP contribution in [-0.2, 0) is 4.74 Å². The minimum absolute atomic E-state index is 0.342. The number of benzene rings is 1. The highest BCUT2D eigenvalue weighted by atomic mass is 32.1. The van der Waals surface area contributed by atoms with Crippen molar-refractivity contribution in [3.63, 3.8) is 0 Å². The van der Waals surface area contributed by atoms with Crippen LogP contribution in [0, 0.1) is 0 Å². The van der Waals surface area contributed by atoms with E-state index >= 15 is 0 Å². The monoisotopic (exact) mass is 207 g/mol. The van der Waals surface area contributed by atoms with E-state index in [1.807, 2.05) is 0 Å². The quantitative estimate of drug-likeness (QED) is 0.434. The Morgan fingerprint density at radius 1 is 1.57 bits per heavy atom. The molecule has 0 aliphatic rings. The second-order valence-corrected chi connectivity index (χ2v) is 2.62. The number of ether oxygens (including phenoxy) is 1. The molecule has 4 heteroatoms. The standard InChI is InChI=1S/C10H9NO2S/c1-2-13-10(12)8-5-3-4-6-9(8)11-7-14/h3-6H,2H2,1H3. The van der Waals surface area contributed by atoms with Gasteiger partial charge in [0.15, 0.2) is 0 Å². The minimum Gasteiger partial charge on any atom is -0.462 e. The van der Waals surface area contributed by atoms with Crippen molar-refractivity contribution in [2.45, 2.75) is 6.92 Å². The number of thiocarbonyl (C=S) groups is 1. The molecule has 0 heterocycles. The maximum atomic E-state index is 11.4. The van der Waals surface area contributed by atoms with Crippen LogP contribution in [0.3, 0.4) is 0 Å². The third-order valence-electron chi connectivity index (χ3n) is 1.57. The molecule has 0 amide bonds. The second-order valence-electron chi connectivity index (χ2n) is 2.44. The number of nitrogens with zero attached hydrogens (tertiary/aromatic N) is 1. The summed E-state index contributed by atoms with van der Waals surface area (Å²) in [4.78, 5) is 15.2. The van der Waals surface area contributed by atoms with Gasteiger partial charge in [-0.2, -0.15) is 4.99 Å². The molecule has 0 fully saturated rings. The third kappa shape index (κ3) is 2.49. The van der Waals surface area contributed by atoms with Gasteiger partial charge in [-0.3, -0.25) is 0 Å². The lowest BCUT2D eigenvalue weighted by atomic mass is 10.2. The number of carbonyl (C=O) groups is 1. The van der Waals surface area contributed by atoms with Crippen LogP contribution in [0.2, 0.25) is 0 Å². The Morgan fingerprint density at radius 2 is 2.29 bits per heavy atom. The predicted octanol–water partition coefficient (Wildman–Crippen LogP) is 2.60. The van der Waals surface area contributed by atoms with Crippen molar-refractivity contribution in [3.05, 3.63) is 29.8 Å². The van der Waals surface area contributed by atoms with Gasteiger partial charge in [-0.25, -0.2) is 4.79 Å². The van der Waals surface area contributed by atoms with Crippen LogP contribution in [0.1, 0.15) is 17.3 Å². The van der Waals surface area contributed by atoms with Gasteiger partial charge in [-0.05, 0) is 31.3 Å². The van der Waals surface area contributed by atoms with E-state index in [1.165, 1.54) is 0 Å². The molecule has 1 aromatic rings. The fraction of sp³-hybridized carbons (Fsp3) is 0.200. The molecule has 0 aliphatic carbocycles. The van der Waals surface area contributed by atoms with Crippen molar-refractivity contribution in [3.8, 4) is 0 Å². The largest absolute Gasteiger partial charge is 0.462 e. The number of para-hydroxylation sites is 1. The number of isothiocyanates is 1. The third-order valence-corrected chi connectivity index (χ3v) is 1.66. The summed E-state index contributed by atoms with van der Waals surface area (Å²) in [5.41, 5.74) is 0.896. The summed E-state index contributed by atoms with van der Waals surface area (Å²) in [5, 5.41) is 2.22. The van der Waals surface area contributed by atoms with Crippen molar-refractivity contribution in [1.29, 1.82) is 0 Å². The van der Waals surface area contributed by atoms with E-state index < -0.39 is 5.97 Å². The average Bonchev–Trinajstić information content (AvgIpc) is 2.19. The summed E-state index contributed by atoms with van der Waals surface area (Å²) in [6.07, 6.45) is 0. The Balaban J connectivity index is 3.06. The maximum Gasteiger partial charge on any atom is 0.340 e. The van der Waals surface area contributed by atoms with E-state index in [1.54, 1.807) is 31.2 Å². The smallest absolute Gasteiger partial charge is 0.340 e. The van der Waals surface area contributed by atoms with Gasteiger partial charge in [0.05, 0.1) is 23.0 Å². The number of carbonyl (C=O) groups excluding carboxylic acids is 1. The van der Waals surface area contributed by atoms with Crippen LogP contribution < -0.4 is 0 Å². The van der Waals surface area contributed by atoms with Gasteiger partial charge in [0.1, 0.15) is 0 Å². The fourth-order valence-electron chi connectivity index (χ4n) is 1.00. The van der Waals surface area contributed by atoms with Crippen LogP contribution in [0.25, 0.3) is 0 Å². The van der Waals surface area contributed by atoms with Gasteiger partial charge in [-0.15, -0.1) is 0 Å². The highest BCUT2D eigenvalue weighted by molar-refractivity contribution is 7.78. The highest BCUT2D eigenvalue weighted by Gasteiger charge is 2.10. The summed E-state index contributed by atoms with van der Waals surface area (Å²) in [5.74, 6) is -0.392. The van der Waals surface area contributed by atoms with Crippen molar-refractivity contribution < 1.29 is 9.53 Å². The molecule has 0 aromatic heterocycles. The summed E-state index contributed by atoms with van der Waals surface area (Å²) in [6, 6.07) is 6.85. The zero-order valence-corrected chi connectivity index (χ0v) is 8.50. The zero-order valence-electron chi connectivity index (χ0n) is 7.69. The Kier molecular flexibility index (Phi) is 3.98. The van der Waals surface area contributed by atoms with Gasteiger partial charge >= 0.3 is 5.97 Å². The molecule has 3 nitrogen and oxygen atoms in total. The van der Waals surface area contributed by atoms with E-state index in [9.17, 15) is 4.79 Å². The molecule has 0 spiro atoms. The van der Waals surface area contributed by atoms with Crippen LogP contribution in [0.15, 0.2) is 29.3 Å². The minimum atomic E-state index is -0.392. The lowest BCUT2D eigenvalue weighted by Gasteiger charge is -2.03. The van der Waals surface area contributed by atoms with Crippen molar-refractivity contribution in [2.24, 2.45) is 4.99 Å². The van der Waals surface area contributed by atoms with Crippen molar-refractivity contribution in [2.75, 3.05) is 6.61 Å². The van der Waals surface area contributed by atoms with Gasteiger partial charge in [0, 0.05) is 0 Å². The van der Waals surface area contributed by atoms with Crippen LogP contribution in [0.5, 0.6) is 0 Å². The molecule has 0 bridgehead atoms. The van der Waals surface area contributed by atoms with Crippen LogP contribution in [-0.4, -0.2) is 17.7 Å². The Labute approximate surface area is 87.4 Å². The molecular weight excluding hydrogens is 198 g/mol. The first-order valence-corrected chi connectivity index (χ1v) is 4.54. The summed E-state index contributed by atoms with van der Waals surface area (Å²) < 4.78 is 4.85. The highest BCUT2D eigenvalue weighted by Crippen LogP contribution is 2.18. The van der Waals surface area contributed by atoms with E-state index in [-0.39, 0.29) is 0 Å². The molecule has 0 unspecified atom stereocenters. The average molecular weight is 207 g/mol. The summed E-state index contributed by atoms with van der Waals surface area (Å²) in [7, 11) is 0. The number of hydrogen-bond donors (Lipinski definition) is 0. The number of rotatable bonds is 3. The fourth-order valence-corrected chi connectivity index (χ4v) is 1.10. The normalized spacial score (nSPS) is 8.93. The first-order valence-electron chi connectivity index (χ1n) is 4.13. The molecule has 0 aliphatic heterocycles. The molecular formula is C10H9NO2S. The van der Waals surface area contributed by atoms with Gasteiger partial charge in [0.2, 0.25) is 0 Å². The van der Waals surface area contributed by atoms with Crippen molar-refractivity contribution >= 4 is 29.0 Å². The Morgan fingerprint density at radius 3 is 2.93 bits per heavy atom. The maximum absolute atomic E-state index is 11.4. The molecule has 1 aromatic carbocycles.